The summed E-state index contributed by atoms with van der Waals surface area (Å²) in [5.41, 5.74) is 0. The van der Waals surface area contributed by atoms with Gasteiger partial charge in [-0.05, 0) is 0 Å². The Morgan fingerprint density at radius 1 is 0.875 bits per heavy atom. The molecule has 4 nitrogen and oxygen atoms in total. The predicted molar refractivity (Wildman–Crippen MR) is 17.4 cm³/mol. The second kappa shape index (κ2) is 10.1. The van der Waals surface area contributed by atoms with Gasteiger partial charge in [-0.2, -0.15) is 0 Å². The van der Waals surface area contributed by atoms with Crippen molar-refractivity contribution in [3.8, 4) is 0 Å². The van der Waals surface area contributed by atoms with Gasteiger partial charge in [0, 0.05) is 48.6 Å². The van der Waals surface area contributed by atoms with Crippen LogP contribution in [0, 0.1) is 0 Å². The van der Waals surface area contributed by atoms with Crippen LogP contribution in [0.1, 0.15) is 0 Å². The zero-order valence-electron chi connectivity index (χ0n) is 3.94. The van der Waals surface area contributed by atoms with E-state index in [2.05, 4.69) is 0 Å². The summed E-state index contributed by atoms with van der Waals surface area (Å²) in [5, 5.41) is 0. The van der Waals surface area contributed by atoms with Crippen molar-refractivity contribution in [3.05, 3.63) is 0 Å². The van der Waals surface area contributed by atoms with Crippen LogP contribution in [0.2, 0.25) is 0 Å². The number of hydrogen-bond donors (Lipinski definition) is 4. The van der Waals surface area contributed by atoms with Crippen LogP contribution in [0.25, 0.3) is 0 Å². The van der Waals surface area contributed by atoms with E-state index in [1.807, 2.05) is 0 Å². The smallest absolute Gasteiger partial charge is 0 e. The summed E-state index contributed by atoms with van der Waals surface area (Å²) >= 11 is -5.00. The van der Waals surface area contributed by atoms with Gasteiger partial charge in [0.15, 0.2) is 0 Å². The van der Waals surface area contributed by atoms with Crippen molar-refractivity contribution >= 4 is 27.3 Å². The Hall–Kier alpha value is 3.10. The molecule has 4 N–H and O–H groups in total. The molecule has 8 heteroatoms. The first kappa shape index (κ1) is 22.5. The van der Waals surface area contributed by atoms with Crippen LogP contribution in [0.5, 0.6) is 0 Å². The van der Waals surface area contributed by atoms with Gasteiger partial charge in [-0.15, -0.1) is 0 Å². The van der Waals surface area contributed by atoms with Crippen molar-refractivity contribution in [1.82, 2.24) is 0 Å². The summed E-state index contributed by atoms with van der Waals surface area (Å²) in [4.78, 5) is 0. The topological polar surface area (TPSA) is 80.9 Å². The summed E-state index contributed by atoms with van der Waals surface area (Å²) in [5.74, 6) is 0. The summed E-state index contributed by atoms with van der Waals surface area (Å²) in [6.07, 6.45) is 0. The average Bonchev–Trinajstić information content (AvgIpc) is 0.722. The van der Waals surface area contributed by atoms with Crippen LogP contribution < -0.4 is 0 Å². The molecule has 0 aromatic heterocycles. The third-order valence-electron chi connectivity index (χ3n) is 0. The molecule has 0 unspecified atom stereocenters. The molecule has 3 radical (unpaired) electrons. The third-order valence-corrected chi connectivity index (χ3v) is 0. The van der Waals surface area contributed by atoms with E-state index in [0.717, 1.165) is 0 Å². The molecule has 47 valence electrons. The van der Waals surface area contributed by atoms with E-state index in [4.69, 9.17) is 14.8 Å². The van der Waals surface area contributed by atoms with Gasteiger partial charge in [0.2, 0.25) is 0 Å². The van der Waals surface area contributed by atoms with Gasteiger partial charge in [-0.1, -0.05) is 0 Å². The molecule has 0 aliphatic heterocycles. The van der Waals surface area contributed by atoms with E-state index in [1.54, 1.807) is 0 Å². The standard InChI is InChI=1S/Nb.4H2O.Pb.Ti.Zr.2H/h;4*1H2;;;;;/q;;;;;;+4;;;/p-4. The second-order valence-electron chi connectivity index (χ2n) is 0.600. The molecule has 0 amide bonds. The van der Waals surface area contributed by atoms with Gasteiger partial charge < -0.3 is 0 Å². The molecule has 8 heavy (non-hydrogen) atoms. The zero-order chi connectivity index (χ0) is 4.50. The van der Waals surface area contributed by atoms with Crippen molar-refractivity contribution in [1.29, 1.82) is 0 Å². The zero-order valence-corrected chi connectivity index (χ0v) is 15.7. The molecule has 0 aromatic carbocycles. The monoisotopic (exact) mass is 509 g/mol. The van der Waals surface area contributed by atoms with Crippen molar-refractivity contribution < 1.29 is 81.5 Å². The maximum Gasteiger partial charge on any atom is 0 e. The SMILES string of the molecule is [Nb].[OH][Ti]([OH])([OH])[OH].[PbH2].[Zr]. The average molecular weight is 509 g/mol. The summed E-state index contributed by atoms with van der Waals surface area (Å²) in [7, 11) is 0. The van der Waals surface area contributed by atoms with Crippen molar-refractivity contribution in [2.24, 2.45) is 0 Å². The fraction of sp³-hybridized carbons (Fsp3) is 0. The molecule has 0 aliphatic carbocycles. The van der Waals surface area contributed by atoms with Crippen molar-refractivity contribution in [2.75, 3.05) is 0 Å². The largest absolute Gasteiger partial charge is 0 e. The molecule has 0 spiro atoms. The minimum atomic E-state index is -5.00. The van der Waals surface area contributed by atoms with Crippen LogP contribution in [0.4, 0.5) is 0 Å². The molecule has 0 heterocycles. The van der Waals surface area contributed by atoms with Crippen LogP contribution >= 0.6 is 0 Å². The Labute approximate surface area is 107 Å². The van der Waals surface area contributed by atoms with Crippen LogP contribution in [-0.4, -0.2) is 42.1 Å². The molecular weight excluding hydrogens is 503 g/mol. The number of hydrogen-bond acceptors (Lipinski definition) is 4. The molecule has 0 saturated heterocycles. The first-order valence-corrected chi connectivity index (χ1v) is 3.69. The first-order valence-electron chi connectivity index (χ1n) is 0.894. The van der Waals surface area contributed by atoms with E-state index in [0.29, 0.717) is 0 Å². The number of rotatable bonds is 0. The van der Waals surface area contributed by atoms with Crippen molar-refractivity contribution in [2.45, 2.75) is 0 Å². The summed E-state index contributed by atoms with van der Waals surface area (Å²) in [6.45, 7) is 0. The van der Waals surface area contributed by atoms with Gasteiger partial charge in [-0.3, -0.25) is 0 Å². The van der Waals surface area contributed by atoms with E-state index in [9.17, 15) is 0 Å². The molecule has 0 rings (SSSR count). The fourth-order valence-corrected chi connectivity index (χ4v) is 0. The predicted octanol–water partition coefficient (Wildman–Crippen LogP) is -3.15. The normalized spacial score (nSPS) is 7.50. The summed E-state index contributed by atoms with van der Waals surface area (Å²) < 4.78 is 29.5. The molecule has 0 atom stereocenters. The molecule has 0 aliphatic rings. The fourth-order valence-electron chi connectivity index (χ4n) is 0. The van der Waals surface area contributed by atoms with Gasteiger partial charge in [0.25, 0.3) is 0 Å². The Balaban J connectivity index is -0.0000000267. The van der Waals surface area contributed by atoms with E-state index in [1.165, 1.54) is 0 Å². The second-order valence-corrected chi connectivity index (χ2v) is 2.47. The van der Waals surface area contributed by atoms with E-state index < -0.39 is 18.1 Å². The van der Waals surface area contributed by atoms with E-state index in [-0.39, 0.29) is 75.9 Å². The third kappa shape index (κ3) is 62.1. The van der Waals surface area contributed by atoms with Crippen molar-refractivity contribution in [3.63, 3.8) is 0 Å². The molecule has 0 bridgehead atoms. The molecule has 0 saturated carbocycles. The van der Waals surface area contributed by atoms with E-state index >= 15 is 0 Å². The Morgan fingerprint density at radius 3 is 0.875 bits per heavy atom. The molecule has 0 fully saturated rings. The summed E-state index contributed by atoms with van der Waals surface area (Å²) in [6, 6.07) is 0. The van der Waals surface area contributed by atoms with Crippen LogP contribution in [0.3, 0.4) is 0 Å². The van der Waals surface area contributed by atoms with Gasteiger partial charge >= 0.3 is 60.2 Å². The van der Waals surface area contributed by atoms with Crippen LogP contribution in [0.15, 0.2) is 0 Å². The first-order chi connectivity index (χ1) is 2.00. The van der Waals surface area contributed by atoms with Crippen LogP contribution in [-0.2, 0) is 66.7 Å². The maximum atomic E-state index is 7.38. The Morgan fingerprint density at radius 2 is 0.875 bits per heavy atom. The van der Waals surface area contributed by atoms with Gasteiger partial charge in [-0.25, -0.2) is 0 Å². The minimum Gasteiger partial charge on any atom is 0 e. The Bertz CT molecular complexity index is 31.5. The quantitative estimate of drug-likeness (QED) is 0.261. The Kier molecular flexibility index (Phi) is 28.4. The maximum absolute atomic E-state index is 7.38. The van der Waals surface area contributed by atoms with Gasteiger partial charge in [0.1, 0.15) is 0 Å². The molecular formula is H6NbO4PbTiZr. The minimum absolute atomic E-state index is 0. The molecule has 0 aromatic rings. The van der Waals surface area contributed by atoms with Gasteiger partial charge in [0.05, 0.1) is 0 Å².